The van der Waals surface area contributed by atoms with E-state index in [9.17, 15) is 10.1 Å². The highest BCUT2D eigenvalue weighted by atomic mass is 35.5. The number of halogens is 1. The molecule has 2 rings (SSSR count). The maximum Gasteiger partial charge on any atom is 0.269 e. The van der Waals surface area contributed by atoms with Gasteiger partial charge >= 0.3 is 0 Å². The summed E-state index contributed by atoms with van der Waals surface area (Å²) in [6.07, 6.45) is 0. The van der Waals surface area contributed by atoms with Gasteiger partial charge in [0.15, 0.2) is 5.96 Å². The number of benzene rings is 2. The van der Waals surface area contributed by atoms with E-state index in [0.29, 0.717) is 23.3 Å². The smallest absolute Gasteiger partial charge is 0.269 e. The molecular weight excluding hydrogens is 330 g/mol. The molecule has 0 aliphatic carbocycles. The quantitative estimate of drug-likeness (QED) is 0.374. The van der Waals surface area contributed by atoms with E-state index >= 15 is 0 Å². The minimum Gasteiger partial charge on any atom is -0.369 e. The normalized spacial score (nSPS) is 11.2. The topological polar surface area (TPSA) is 96.8 Å². The van der Waals surface area contributed by atoms with Crippen LogP contribution in [-0.2, 0) is 0 Å². The van der Waals surface area contributed by atoms with Gasteiger partial charge in [0.25, 0.3) is 5.69 Å². The average molecular weight is 348 g/mol. The van der Waals surface area contributed by atoms with E-state index in [-0.39, 0.29) is 5.69 Å². The predicted octanol–water partition coefficient (Wildman–Crippen LogP) is 3.38. The van der Waals surface area contributed by atoms with Crippen molar-refractivity contribution in [3.05, 3.63) is 63.2 Å². The lowest BCUT2D eigenvalue weighted by Gasteiger charge is -2.18. The number of nitro groups is 1. The zero-order valence-corrected chi connectivity index (χ0v) is 14.1. The molecule has 0 saturated carbocycles. The minimum atomic E-state index is -0.445. The zero-order chi connectivity index (χ0) is 17.7. The summed E-state index contributed by atoms with van der Waals surface area (Å²) in [4.78, 5) is 16.1. The fourth-order valence-electron chi connectivity index (χ4n) is 2.07. The van der Waals surface area contributed by atoms with Gasteiger partial charge in [-0.25, -0.2) is 4.99 Å². The van der Waals surface area contributed by atoms with E-state index in [1.54, 1.807) is 30.1 Å². The molecule has 126 valence electrons. The third-order valence-corrected chi connectivity index (χ3v) is 3.73. The first-order valence-corrected chi connectivity index (χ1v) is 7.54. The Kier molecular flexibility index (Phi) is 5.59. The van der Waals surface area contributed by atoms with Gasteiger partial charge < -0.3 is 16.0 Å². The molecule has 0 aromatic heterocycles. The number of aryl methyl sites for hydroxylation is 1. The summed E-state index contributed by atoms with van der Waals surface area (Å²) in [5.74, 6) is 0.294. The zero-order valence-electron chi connectivity index (χ0n) is 13.4. The number of nitrogens with one attached hydrogen (secondary N) is 1. The fraction of sp³-hybridized carbons (Fsp3) is 0.188. The minimum absolute atomic E-state index is 0.0301. The Bertz CT molecular complexity index is 762. The summed E-state index contributed by atoms with van der Waals surface area (Å²) >= 11 is 5.92. The van der Waals surface area contributed by atoms with Crippen LogP contribution in [0.5, 0.6) is 0 Å². The molecule has 0 spiro atoms. The third-order valence-electron chi connectivity index (χ3n) is 3.49. The van der Waals surface area contributed by atoms with Crippen molar-refractivity contribution in [3.8, 4) is 0 Å². The second kappa shape index (κ2) is 7.65. The fourth-order valence-corrected chi connectivity index (χ4v) is 2.29. The number of nitrogens with two attached hydrogens (primary N) is 1. The van der Waals surface area contributed by atoms with Gasteiger partial charge in [0.05, 0.1) is 4.92 Å². The molecule has 0 bridgehead atoms. The van der Waals surface area contributed by atoms with Gasteiger partial charge in [-0.1, -0.05) is 11.6 Å². The first-order chi connectivity index (χ1) is 11.4. The number of rotatable bonds is 5. The van der Waals surface area contributed by atoms with Crippen LogP contribution in [-0.4, -0.2) is 24.6 Å². The van der Waals surface area contributed by atoms with E-state index in [2.05, 4.69) is 10.3 Å². The molecule has 0 saturated heterocycles. The standard InChI is InChI=1S/C16H18ClN5O2/c1-11-9-12(17)3-8-15(11)19-10-20-16(18)21(2)13-4-6-14(7-5-13)22(23)24/h3-9,19H,10H2,1-2H3,(H2,18,20). The summed E-state index contributed by atoms with van der Waals surface area (Å²) in [5.41, 5.74) is 8.64. The molecule has 0 heterocycles. The molecule has 8 heteroatoms. The lowest BCUT2D eigenvalue weighted by atomic mass is 10.2. The highest BCUT2D eigenvalue weighted by molar-refractivity contribution is 6.30. The lowest BCUT2D eigenvalue weighted by molar-refractivity contribution is -0.384. The number of hydrogen-bond donors (Lipinski definition) is 2. The van der Waals surface area contributed by atoms with Crippen LogP contribution in [0.2, 0.25) is 5.02 Å². The van der Waals surface area contributed by atoms with Crippen molar-refractivity contribution in [1.82, 2.24) is 0 Å². The van der Waals surface area contributed by atoms with Crippen LogP contribution in [0.3, 0.4) is 0 Å². The van der Waals surface area contributed by atoms with Gasteiger partial charge in [-0.2, -0.15) is 0 Å². The van der Waals surface area contributed by atoms with Crippen molar-refractivity contribution >= 4 is 34.6 Å². The monoisotopic (exact) mass is 347 g/mol. The van der Waals surface area contributed by atoms with Crippen molar-refractivity contribution in [3.63, 3.8) is 0 Å². The number of nitro benzene ring substituents is 1. The molecule has 0 radical (unpaired) electrons. The number of nitrogens with zero attached hydrogens (tertiary/aromatic N) is 3. The predicted molar refractivity (Wildman–Crippen MR) is 97.8 cm³/mol. The molecule has 0 unspecified atom stereocenters. The number of aliphatic imine (C=N–C) groups is 1. The summed E-state index contributed by atoms with van der Waals surface area (Å²) < 4.78 is 0. The van der Waals surface area contributed by atoms with E-state index in [0.717, 1.165) is 11.3 Å². The van der Waals surface area contributed by atoms with Crippen LogP contribution in [0.15, 0.2) is 47.5 Å². The number of non-ortho nitro benzene ring substituents is 1. The maximum atomic E-state index is 10.7. The summed E-state index contributed by atoms with van der Waals surface area (Å²) in [6.45, 7) is 2.25. The van der Waals surface area contributed by atoms with Gasteiger partial charge in [0.2, 0.25) is 0 Å². The Hall–Kier alpha value is -2.80. The molecular formula is C16H18ClN5O2. The van der Waals surface area contributed by atoms with E-state index in [1.807, 2.05) is 19.1 Å². The maximum absolute atomic E-state index is 10.7. The summed E-state index contributed by atoms with van der Waals surface area (Å²) in [5, 5.41) is 14.5. The second-order valence-electron chi connectivity index (χ2n) is 5.14. The largest absolute Gasteiger partial charge is 0.369 e. The third kappa shape index (κ3) is 4.36. The van der Waals surface area contributed by atoms with Gasteiger partial charge in [-0.15, -0.1) is 0 Å². The van der Waals surface area contributed by atoms with Crippen LogP contribution >= 0.6 is 11.6 Å². The van der Waals surface area contributed by atoms with Crippen molar-refractivity contribution in [2.24, 2.45) is 10.7 Å². The lowest BCUT2D eigenvalue weighted by Crippen LogP contribution is -2.34. The Morgan fingerprint density at radius 2 is 2.00 bits per heavy atom. The average Bonchev–Trinajstić information content (AvgIpc) is 2.56. The van der Waals surface area contributed by atoms with E-state index in [4.69, 9.17) is 17.3 Å². The van der Waals surface area contributed by atoms with Crippen molar-refractivity contribution in [1.29, 1.82) is 0 Å². The summed E-state index contributed by atoms with van der Waals surface area (Å²) in [7, 11) is 1.74. The van der Waals surface area contributed by atoms with E-state index < -0.39 is 4.92 Å². The molecule has 24 heavy (non-hydrogen) atoms. The first kappa shape index (κ1) is 17.6. The van der Waals surface area contributed by atoms with Crippen LogP contribution in [0, 0.1) is 17.0 Å². The summed E-state index contributed by atoms with van der Waals surface area (Å²) in [6, 6.07) is 11.6. The molecule has 0 amide bonds. The molecule has 3 N–H and O–H groups in total. The molecule has 7 nitrogen and oxygen atoms in total. The number of guanidine groups is 1. The van der Waals surface area contributed by atoms with Gasteiger partial charge in [0.1, 0.15) is 6.67 Å². The van der Waals surface area contributed by atoms with Gasteiger partial charge in [-0.05, 0) is 42.8 Å². The van der Waals surface area contributed by atoms with Crippen molar-refractivity contribution in [2.45, 2.75) is 6.92 Å². The van der Waals surface area contributed by atoms with Gasteiger partial charge in [-0.3, -0.25) is 10.1 Å². The number of anilines is 2. The van der Waals surface area contributed by atoms with Crippen LogP contribution < -0.4 is 16.0 Å². The SMILES string of the molecule is Cc1cc(Cl)ccc1NCN=C(N)N(C)c1ccc([N+](=O)[O-])cc1. The Labute approximate surface area is 144 Å². The highest BCUT2D eigenvalue weighted by Crippen LogP contribution is 2.20. The Morgan fingerprint density at radius 3 is 2.58 bits per heavy atom. The van der Waals surface area contributed by atoms with Crippen LogP contribution in [0.25, 0.3) is 0 Å². The molecule has 0 atom stereocenters. The van der Waals surface area contributed by atoms with Crippen LogP contribution in [0.4, 0.5) is 17.1 Å². The second-order valence-corrected chi connectivity index (χ2v) is 5.58. The Balaban J connectivity index is 2.00. The molecule has 2 aromatic carbocycles. The molecule has 2 aromatic rings. The van der Waals surface area contributed by atoms with Crippen LogP contribution in [0.1, 0.15) is 5.56 Å². The molecule has 0 aliphatic heterocycles. The molecule has 0 aliphatic rings. The molecule has 0 fully saturated rings. The van der Waals surface area contributed by atoms with E-state index in [1.165, 1.54) is 12.1 Å². The first-order valence-electron chi connectivity index (χ1n) is 7.16. The van der Waals surface area contributed by atoms with Gasteiger partial charge in [0, 0.05) is 35.6 Å². The number of hydrogen-bond acceptors (Lipinski definition) is 4. The highest BCUT2D eigenvalue weighted by Gasteiger charge is 2.08. The van der Waals surface area contributed by atoms with Crippen molar-refractivity contribution < 1.29 is 4.92 Å². The Morgan fingerprint density at radius 1 is 1.33 bits per heavy atom. The van der Waals surface area contributed by atoms with Crippen molar-refractivity contribution in [2.75, 3.05) is 23.9 Å².